The molecule has 1 heterocycles. The van der Waals surface area contributed by atoms with Crippen molar-refractivity contribution in [1.82, 2.24) is 0 Å². The van der Waals surface area contributed by atoms with Gasteiger partial charge in [0.25, 0.3) is 0 Å². The van der Waals surface area contributed by atoms with Gasteiger partial charge >= 0.3 is 0 Å². The van der Waals surface area contributed by atoms with Gasteiger partial charge in [-0.2, -0.15) is 0 Å². The van der Waals surface area contributed by atoms with Crippen LogP contribution in [0.25, 0.3) is 0 Å². The molecule has 1 aliphatic heterocycles. The van der Waals surface area contributed by atoms with Crippen LogP contribution in [0.2, 0.25) is 0 Å². The Balaban J connectivity index is 2.55. The molecular formula is C5H5NOS. The van der Waals surface area contributed by atoms with Crippen molar-refractivity contribution in [3.8, 4) is 0 Å². The van der Waals surface area contributed by atoms with Gasteiger partial charge in [-0.1, -0.05) is 17.4 Å². The summed E-state index contributed by atoms with van der Waals surface area (Å²) in [4.78, 5) is 4.58. The van der Waals surface area contributed by atoms with Crippen molar-refractivity contribution in [3.05, 3.63) is 12.3 Å². The van der Waals surface area contributed by atoms with Gasteiger partial charge in [-0.05, 0) is 6.08 Å². The first-order chi connectivity index (χ1) is 3.93. The van der Waals surface area contributed by atoms with Crippen LogP contribution >= 0.6 is 12.2 Å². The highest BCUT2D eigenvalue weighted by Gasteiger charge is 1.94. The number of thiocarbonyl (C=S) groups is 1. The van der Waals surface area contributed by atoms with Gasteiger partial charge in [0.05, 0.1) is 5.71 Å². The molecule has 1 aliphatic rings. The van der Waals surface area contributed by atoms with E-state index in [1.165, 1.54) is 5.37 Å². The molecule has 0 N–H and O–H groups in total. The number of allylic oxidation sites excluding steroid dienone is 1. The Hall–Kier alpha value is -0.700. The quantitative estimate of drug-likeness (QED) is 0.495. The minimum Gasteiger partial charge on any atom is -0.365 e. The van der Waals surface area contributed by atoms with Gasteiger partial charge in [-0.25, -0.2) is 0 Å². The fourth-order valence-electron chi connectivity index (χ4n) is 0.417. The van der Waals surface area contributed by atoms with Gasteiger partial charge in [-0.3, -0.25) is 0 Å². The Kier molecular flexibility index (Phi) is 1.75. The van der Waals surface area contributed by atoms with E-state index in [1.807, 2.05) is 6.08 Å². The predicted octanol–water partition coefficient (Wildman–Crippen LogP) is 1.28. The van der Waals surface area contributed by atoms with E-state index >= 15 is 0 Å². The second kappa shape index (κ2) is 2.57. The van der Waals surface area contributed by atoms with Crippen molar-refractivity contribution >= 4 is 23.3 Å². The molecule has 0 saturated carbocycles. The smallest absolute Gasteiger partial charge is 0.118 e. The Morgan fingerprint density at radius 3 is 3.12 bits per heavy atom. The Morgan fingerprint density at radius 2 is 2.75 bits per heavy atom. The van der Waals surface area contributed by atoms with Crippen LogP contribution in [0, 0.1) is 0 Å². The van der Waals surface area contributed by atoms with E-state index in [0.717, 1.165) is 12.1 Å². The van der Waals surface area contributed by atoms with Crippen LogP contribution in [0.15, 0.2) is 17.5 Å². The first kappa shape index (κ1) is 5.44. The summed E-state index contributed by atoms with van der Waals surface area (Å²) in [6.07, 6.45) is 4.21. The lowest BCUT2D eigenvalue weighted by Crippen LogP contribution is -1.99. The largest absolute Gasteiger partial charge is 0.365 e. The number of nitrogens with zero attached hydrogens (tertiary/aromatic N) is 1. The van der Waals surface area contributed by atoms with Gasteiger partial charge in [-0.15, -0.1) is 0 Å². The normalized spacial score (nSPS) is 16.8. The molecule has 0 saturated heterocycles. The third-order valence-corrected chi connectivity index (χ3v) is 1.06. The maximum absolute atomic E-state index is 4.60. The van der Waals surface area contributed by atoms with Crippen LogP contribution in [0.4, 0.5) is 0 Å². The summed E-state index contributed by atoms with van der Waals surface area (Å²) in [5.74, 6) is 0. The molecule has 0 fully saturated rings. The molecule has 0 amide bonds. The molecule has 1 rings (SSSR count). The molecule has 3 heteroatoms. The van der Waals surface area contributed by atoms with Crippen molar-refractivity contribution in [2.24, 2.45) is 5.16 Å². The van der Waals surface area contributed by atoms with E-state index in [-0.39, 0.29) is 0 Å². The molecule has 0 atom stereocenters. The van der Waals surface area contributed by atoms with Crippen LogP contribution in [0.5, 0.6) is 0 Å². The maximum atomic E-state index is 4.60. The van der Waals surface area contributed by atoms with Crippen molar-refractivity contribution in [2.75, 3.05) is 0 Å². The topological polar surface area (TPSA) is 21.6 Å². The molecule has 0 aliphatic carbocycles. The lowest BCUT2D eigenvalue weighted by atomic mass is 10.3. The fraction of sp³-hybridized carbons (Fsp3) is 0.200. The van der Waals surface area contributed by atoms with Gasteiger partial charge in [0.15, 0.2) is 0 Å². The fourth-order valence-corrected chi connectivity index (χ4v) is 0.556. The molecule has 0 unspecified atom stereocenters. The molecule has 0 radical (unpaired) electrons. The zero-order chi connectivity index (χ0) is 5.82. The Labute approximate surface area is 52.8 Å². The highest BCUT2D eigenvalue weighted by Crippen LogP contribution is 1.96. The number of hydrogen-bond acceptors (Lipinski definition) is 3. The number of rotatable bonds is 1. The van der Waals surface area contributed by atoms with Gasteiger partial charge in [0.1, 0.15) is 6.26 Å². The summed E-state index contributed by atoms with van der Waals surface area (Å²) in [7, 11) is 0. The highest BCUT2D eigenvalue weighted by molar-refractivity contribution is 7.80. The van der Waals surface area contributed by atoms with E-state index in [0.29, 0.717) is 0 Å². The molecule has 0 aromatic carbocycles. The minimum atomic E-state index is 0.795. The second-order valence-corrected chi connectivity index (χ2v) is 1.62. The van der Waals surface area contributed by atoms with E-state index < -0.39 is 0 Å². The molecule has 0 bridgehead atoms. The van der Waals surface area contributed by atoms with Crippen LogP contribution in [0.1, 0.15) is 6.42 Å². The summed E-state index contributed by atoms with van der Waals surface area (Å²) in [6, 6.07) is 0. The van der Waals surface area contributed by atoms with Gasteiger partial charge in [0.2, 0.25) is 0 Å². The molecule has 42 valence electrons. The summed E-state index contributed by atoms with van der Waals surface area (Å²) >= 11 is 4.60. The standard InChI is InChI=1S/C5H5NOS/c8-4-5-2-1-3-7-6-5/h1,3-4H,2H2. The number of hydrogen-bond donors (Lipinski definition) is 0. The van der Waals surface area contributed by atoms with Crippen LogP contribution < -0.4 is 0 Å². The molecule has 8 heavy (non-hydrogen) atoms. The Morgan fingerprint density at radius 1 is 1.88 bits per heavy atom. The second-order valence-electron chi connectivity index (χ2n) is 1.38. The van der Waals surface area contributed by atoms with E-state index in [4.69, 9.17) is 0 Å². The van der Waals surface area contributed by atoms with Crippen molar-refractivity contribution < 1.29 is 4.84 Å². The van der Waals surface area contributed by atoms with Crippen LogP contribution in [-0.4, -0.2) is 11.1 Å². The van der Waals surface area contributed by atoms with Crippen molar-refractivity contribution in [1.29, 1.82) is 0 Å². The monoisotopic (exact) mass is 127 g/mol. The lowest BCUT2D eigenvalue weighted by molar-refractivity contribution is 0.263. The van der Waals surface area contributed by atoms with Crippen molar-refractivity contribution in [2.45, 2.75) is 6.42 Å². The predicted molar refractivity (Wildman–Crippen MR) is 35.9 cm³/mol. The van der Waals surface area contributed by atoms with E-state index in [1.54, 1.807) is 6.26 Å². The highest BCUT2D eigenvalue weighted by atomic mass is 32.1. The zero-order valence-corrected chi connectivity index (χ0v) is 5.02. The summed E-state index contributed by atoms with van der Waals surface area (Å²) in [5, 5.41) is 5.14. The molecular weight excluding hydrogens is 122 g/mol. The average Bonchev–Trinajstić information content (AvgIpc) is 1.90. The summed E-state index contributed by atoms with van der Waals surface area (Å²) in [6.45, 7) is 0. The van der Waals surface area contributed by atoms with Crippen molar-refractivity contribution in [3.63, 3.8) is 0 Å². The van der Waals surface area contributed by atoms with Gasteiger partial charge < -0.3 is 4.84 Å². The SMILES string of the molecule is S=CC1=NOC=CC1. The number of oxime groups is 1. The lowest BCUT2D eigenvalue weighted by Gasteiger charge is -1.98. The first-order valence-corrected chi connectivity index (χ1v) is 2.73. The summed E-state index contributed by atoms with van der Waals surface area (Å²) in [5.41, 5.74) is 0.808. The third kappa shape index (κ3) is 1.13. The Bertz CT molecular complexity index is 151. The summed E-state index contributed by atoms with van der Waals surface area (Å²) < 4.78 is 0. The molecule has 2 nitrogen and oxygen atoms in total. The maximum Gasteiger partial charge on any atom is 0.118 e. The molecule has 0 aromatic rings. The zero-order valence-electron chi connectivity index (χ0n) is 4.20. The average molecular weight is 127 g/mol. The van der Waals surface area contributed by atoms with Crippen LogP contribution in [-0.2, 0) is 4.84 Å². The first-order valence-electron chi connectivity index (χ1n) is 2.26. The molecule has 0 spiro atoms. The van der Waals surface area contributed by atoms with Gasteiger partial charge in [0, 0.05) is 11.8 Å². The molecule has 0 aromatic heterocycles. The van der Waals surface area contributed by atoms with E-state index in [9.17, 15) is 0 Å². The van der Waals surface area contributed by atoms with E-state index in [2.05, 4.69) is 22.2 Å². The third-order valence-electron chi connectivity index (χ3n) is 0.790. The minimum absolute atomic E-state index is 0.795. The van der Waals surface area contributed by atoms with Crippen LogP contribution in [0.3, 0.4) is 0 Å².